The first-order chi connectivity index (χ1) is 13.2. The van der Waals surface area contributed by atoms with E-state index in [1.807, 2.05) is 19.2 Å². The van der Waals surface area contributed by atoms with Gasteiger partial charge in [-0.2, -0.15) is 5.10 Å². The summed E-state index contributed by atoms with van der Waals surface area (Å²) in [6, 6.07) is 11.3. The molecule has 3 aliphatic heterocycles. The Balaban J connectivity index is 1.36. The first kappa shape index (κ1) is 18.2. The van der Waals surface area contributed by atoms with E-state index in [1.165, 1.54) is 17.3 Å². The van der Waals surface area contributed by atoms with Gasteiger partial charge < -0.3 is 15.2 Å². The van der Waals surface area contributed by atoms with Gasteiger partial charge >= 0.3 is 0 Å². The van der Waals surface area contributed by atoms with Crippen molar-refractivity contribution in [1.29, 1.82) is 0 Å². The van der Waals surface area contributed by atoms with E-state index < -0.39 is 0 Å². The van der Waals surface area contributed by atoms with Gasteiger partial charge in [-0.3, -0.25) is 10.2 Å². The lowest BCUT2D eigenvalue weighted by Crippen LogP contribution is -2.54. The zero-order chi connectivity index (χ0) is 18.8. The molecule has 4 unspecified atom stereocenters. The number of carbonyl (C=O) groups is 1. The van der Waals surface area contributed by atoms with Gasteiger partial charge in [-0.1, -0.05) is 49.0 Å². The van der Waals surface area contributed by atoms with Crippen molar-refractivity contribution in [2.75, 3.05) is 5.75 Å². The van der Waals surface area contributed by atoms with Crippen molar-refractivity contribution in [1.82, 2.24) is 26.1 Å². The second-order valence-electron chi connectivity index (χ2n) is 7.14. The second kappa shape index (κ2) is 7.82. The minimum Gasteiger partial charge on any atom is -0.353 e. The van der Waals surface area contributed by atoms with Gasteiger partial charge in [0.15, 0.2) is 5.17 Å². The highest BCUT2D eigenvalue weighted by Crippen LogP contribution is 2.34. The first-order valence-electron chi connectivity index (χ1n) is 9.47. The van der Waals surface area contributed by atoms with Crippen LogP contribution in [0.5, 0.6) is 0 Å². The van der Waals surface area contributed by atoms with Crippen LogP contribution in [-0.2, 0) is 4.79 Å². The number of rotatable bonds is 5. The van der Waals surface area contributed by atoms with Gasteiger partial charge in [0, 0.05) is 18.4 Å². The highest BCUT2D eigenvalue weighted by Gasteiger charge is 2.44. The molecule has 1 amide bonds. The summed E-state index contributed by atoms with van der Waals surface area (Å²) in [5, 5.41) is 10.5. The summed E-state index contributed by atoms with van der Waals surface area (Å²) in [6.07, 6.45) is 6.09. The number of hydrogen-bond acceptors (Lipinski definition) is 7. The van der Waals surface area contributed by atoms with Crippen LogP contribution in [0.3, 0.4) is 0 Å². The lowest BCUT2D eigenvalue weighted by atomic mass is 10.00. The summed E-state index contributed by atoms with van der Waals surface area (Å²) in [6.45, 7) is 4.09. The third-order valence-electron chi connectivity index (χ3n) is 5.26. The smallest absolute Gasteiger partial charge is 0.230 e. The molecule has 0 aromatic heterocycles. The van der Waals surface area contributed by atoms with Crippen LogP contribution in [0.25, 0.3) is 0 Å². The van der Waals surface area contributed by atoms with E-state index in [1.54, 1.807) is 0 Å². The largest absolute Gasteiger partial charge is 0.353 e. The summed E-state index contributed by atoms with van der Waals surface area (Å²) < 4.78 is 0. The number of amides is 1. The molecule has 3 aliphatic rings. The van der Waals surface area contributed by atoms with Gasteiger partial charge in [0.05, 0.1) is 17.8 Å². The van der Waals surface area contributed by atoms with Crippen LogP contribution < -0.4 is 16.2 Å². The molecule has 3 N–H and O–H groups in total. The van der Waals surface area contributed by atoms with Crippen molar-refractivity contribution in [3.05, 3.63) is 48.3 Å². The number of thioether (sulfide) groups is 1. The number of benzene rings is 1. The van der Waals surface area contributed by atoms with E-state index in [0.29, 0.717) is 11.8 Å². The van der Waals surface area contributed by atoms with Crippen LogP contribution in [0.4, 0.5) is 0 Å². The minimum atomic E-state index is 0.0507. The monoisotopic (exact) mass is 386 g/mol. The van der Waals surface area contributed by atoms with Crippen molar-refractivity contribution < 1.29 is 4.79 Å². The fourth-order valence-corrected chi connectivity index (χ4v) is 4.39. The Bertz CT molecular complexity index is 739. The molecule has 0 spiro atoms. The molecule has 7 nitrogen and oxygen atoms in total. The average Bonchev–Trinajstić information content (AvgIpc) is 3.30. The zero-order valence-electron chi connectivity index (χ0n) is 15.6. The Morgan fingerprint density at radius 3 is 2.96 bits per heavy atom. The van der Waals surface area contributed by atoms with Crippen LogP contribution in [0.15, 0.2) is 47.8 Å². The summed E-state index contributed by atoms with van der Waals surface area (Å²) in [5.41, 5.74) is 8.12. The molecular weight excluding hydrogens is 360 g/mol. The highest BCUT2D eigenvalue weighted by molar-refractivity contribution is 8.14. The third-order valence-corrected chi connectivity index (χ3v) is 6.23. The third kappa shape index (κ3) is 3.77. The van der Waals surface area contributed by atoms with Crippen LogP contribution >= 0.6 is 11.8 Å². The molecule has 1 aromatic rings. The number of amidine groups is 1. The number of hydrazone groups is 1. The predicted molar refractivity (Wildman–Crippen MR) is 108 cm³/mol. The van der Waals surface area contributed by atoms with E-state index >= 15 is 0 Å². The maximum atomic E-state index is 12.0. The van der Waals surface area contributed by atoms with Gasteiger partial charge in [-0.05, 0) is 25.3 Å². The molecule has 0 bridgehead atoms. The van der Waals surface area contributed by atoms with Gasteiger partial charge in [-0.25, -0.2) is 5.43 Å². The Labute approximate surface area is 164 Å². The van der Waals surface area contributed by atoms with Gasteiger partial charge in [0.1, 0.15) is 6.17 Å². The second-order valence-corrected chi connectivity index (χ2v) is 8.08. The molecule has 0 saturated carbocycles. The quantitative estimate of drug-likeness (QED) is 0.718. The van der Waals surface area contributed by atoms with E-state index in [4.69, 9.17) is 0 Å². The van der Waals surface area contributed by atoms with Gasteiger partial charge in [0.25, 0.3) is 0 Å². The minimum absolute atomic E-state index is 0.0507. The molecule has 1 aromatic carbocycles. The van der Waals surface area contributed by atoms with E-state index in [-0.39, 0.29) is 24.2 Å². The number of hydrogen-bond donors (Lipinski definition) is 3. The van der Waals surface area contributed by atoms with E-state index in [0.717, 1.165) is 18.0 Å². The number of hydrazine groups is 1. The maximum absolute atomic E-state index is 12.0. The lowest BCUT2D eigenvalue weighted by molar-refractivity contribution is -0.119. The molecule has 27 heavy (non-hydrogen) atoms. The molecule has 1 saturated heterocycles. The molecule has 4 atom stereocenters. The standard InChI is InChI=1S/C19H26N6OS/c1-3-13(2)20-17(26)12-27-19-22-21-18-16-11-15(14-7-5-4-6-8-14)23-25(16)10-9-24(18)19/h4-10,13,15-16,18,21,23H,3,11-12H2,1-2H3,(H,20,26). The summed E-state index contributed by atoms with van der Waals surface area (Å²) in [4.78, 5) is 14.2. The molecule has 1 fully saturated rings. The molecule has 4 rings (SSSR count). The zero-order valence-corrected chi connectivity index (χ0v) is 16.4. The van der Waals surface area contributed by atoms with Crippen molar-refractivity contribution >= 4 is 22.8 Å². The molecule has 144 valence electrons. The van der Waals surface area contributed by atoms with Gasteiger partial charge in [-0.15, -0.1) is 0 Å². The topological polar surface area (TPSA) is 72.0 Å². The SMILES string of the molecule is CCC(C)NC(=O)CSC1=NNC2C3CC(c4ccccc4)NN3C=CN12. The first-order valence-corrected chi connectivity index (χ1v) is 10.5. The van der Waals surface area contributed by atoms with Crippen molar-refractivity contribution in [3.8, 4) is 0 Å². The van der Waals surface area contributed by atoms with Crippen molar-refractivity contribution in [2.24, 2.45) is 5.10 Å². The fourth-order valence-electron chi connectivity index (χ4n) is 3.60. The predicted octanol–water partition coefficient (Wildman–Crippen LogP) is 1.94. The van der Waals surface area contributed by atoms with Crippen molar-refractivity contribution in [3.63, 3.8) is 0 Å². The lowest BCUT2D eigenvalue weighted by Gasteiger charge is -2.36. The van der Waals surface area contributed by atoms with Gasteiger partial charge in [0.2, 0.25) is 5.91 Å². The molecule has 0 aliphatic carbocycles. The van der Waals surface area contributed by atoms with Crippen LogP contribution in [0, 0.1) is 0 Å². The Morgan fingerprint density at radius 2 is 2.19 bits per heavy atom. The maximum Gasteiger partial charge on any atom is 0.230 e. The Morgan fingerprint density at radius 1 is 1.37 bits per heavy atom. The van der Waals surface area contributed by atoms with Crippen LogP contribution in [0.1, 0.15) is 38.3 Å². The van der Waals surface area contributed by atoms with Crippen LogP contribution in [-0.4, -0.2) is 45.0 Å². The van der Waals surface area contributed by atoms with Crippen molar-refractivity contribution in [2.45, 2.75) is 51.0 Å². The summed E-state index contributed by atoms with van der Waals surface area (Å²) in [7, 11) is 0. The van der Waals surface area contributed by atoms with E-state index in [2.05, 4.69) is 68.6 Å². The highest BCUT2D eigenvalue weighted by atomic mass is 32.2. The Hall–Kier alpha value is -2.19. The number of nitrogens with one attached hydrogen (secondary N) is 3. The number of fused-ring (bicyclic) bond motifs is 3. The molecule has 0 radical (unpaired) electrons. The van der Waals surface area contributed by atoms with E-state index in [9.17, 15) is 4.79 Å². The Kier molecular flexibility index (Phi) is 5.27. The number of nitrogens with zero attached hydrogens (tertiary/aromatic N) is 3. The molecular formula is C19H26N6OS. The van der Waals surface area contributed by atoms with Crippen LogP contribution in [0.2, 0.25) is 0 Å². The summed E-state index contributed by atoms with van der Waals surface area (Å²) >= 11 is 1.47. The fraction of sp³-hybridized carbons (Fsp3) is 0.474. The normalized spacial score (nSPS) is 26.9. The number of carbonyl (C=O) groups excluding carboxylic acids is 1. The molecule has 8 heteroatoms. The molecule has 3 heterocycles. The average molecular weight is 387 g/mol. The summed E-state index contributed by atoms with van der Waals surface area (Å²) in [5.74, 6) is 0.427.